The fraction of sp³-hybridized carbons (Fsp3) is 0.0870. The van der Waals surface area contributed by atoms with Gasteiger partial charge in [-0.25, -0.2) is 4.98 Å². The molecular formula is C23H16ClN3O2. The molecule has 0 saturated carbocycles. The number of aliphatic hydroxyl groups is 1. The second kappa shape index (κ2) is 7.51. The third-order valence-corrected chi connectivity index (χ3v) is 5.04. The maximum Gasteiger partial charge on any atom is 0.251 e. The molecular weight excluding hydrogens is 386 g/mol. The second-order valence-corrected chi connectivity index (χ2v) is 7.02. The van der Waals surface area contributed by atoms with Crippen LogP contribution in [0.4, 0.5) is 0 Å². The van der Waals surface area contributed by atoms with Gasteiger partial charge in [-0.3, -0.25) is 9.78 Å². The number of terminal acetylenes is 1. The van der Waals surface area contributed by atoms with E-state index >= 15 is 0 Å². The van der Waals surface area contributed by atoms with Crippen LogP contribution in [0.1, 0.15) is 23.1 Å². The molecule has 0 fully saturated rings. The molecule has 4 rings (SSSR count). The maximum absolute atomic E-state index is 12.5. The number of rotatable bonds is 3. The summed E-state index contributed by atoms with van der Waals surface area (Å²) in [4.78, 5) is 21.3. The first-order valence-electron chi connectivity index (χ1n) is 8.85. The lowest BCUT2D eigenvalue weighted by atomic mass is 10.0. The third kappa shape index (κ3) is 3.52. The summed E-state index contributed by atoms with van der Waals surface area (Å²) in [6, 6.07) is 15.5. The van der Waals surface area contributed by atoms with Crippen LogP contribution in [0.5, 0.6) is 0 Å². The summed E-state index contributed by atoms with van der Waals surface area (Å²) in [5.74, 6) is 2.51. The number of pyridine rings is 3. The Labute approximate surface area is 172 Å². The first-order chi connectivity index (χ1) is 14.0. The molecule has 142 valence electrons. The van der Waals surface area contributed by atoms with Crippen molar-refractivity contribution < 1.29 is 5.11 Å². The molecule has 1 atom stereocenters. The quantitative estimate of drug-likeness (QED) is 0.531. The Kier molecular flexibility index (Phi) is 4.89. The standard InChI is InChI=1S/C23H16ClN3O2/c1-3-16-5-4-6-19(26-16)17-12-22(28)27(2)21-13-25-20(11-18(17)21)23(29)14-7-9-15(24)10-8-14/h1,4-13,23,29H,2H3. The SMILES string of the molecule is C#Cc1cccc(-c2cc(=O)n(C)c3cnc(C(O)c4ccc(Cl)cc4)cc23)n1. The lowest BCUT2D eigenvalue weighted by Gasteiger charge is -2.14. The predicted octanol–water partition coefficient (Wildman–Crippen LogP) is 3.71. The molecule has 1 unspecified atom stereocenters. The van der Waals surface area contributed by atoms with E-state index in [1.54, 1.807) is 61.8 Å². The molecule has 1 N–H and O–H groups in total. The number of aliphatic hydroxyl groups excluding tert-OH is 1. The van der Waals surface area contributed by atoms with E-state index in [9.17, 15) is 9.90 Å². The van der Waals surface area contributed by atoms with Crippen molar-refractivity contribution in [3.63, 3.8) is 0 Å². The normalized spacial score (nSPS) is 11.9. The van der Waals surface area contributed by atoms with Gasteiger partial charge in [-0.05, 0) is 35.9 Å². The Morgan fingerprint density at radius 3 is 2.66 bits per heavy atom. The van der Waals surface area contributed by atoms with Gasteiger partial charge in [0.2, 0.25) is 0 Å². The van der Waals surface area contributed by atoms with Crippen LogP contribution in [-0.4, -0.2) is 19.6 Å². The second-order valence-electron chi connectivity index (χ2n) is 6.59. The highest BCUT2D eigenvalue weighted by molar-refractivity contribution is 6.30. The summed E-state index contributed by atoms with van der Waals surface area (Å²) < 4.78 is 1.51. The zero-order valence-corrected chi connectivity index (χ0v) is 16.3. The molecule has 29 heavy (non-hydrogen) atoms. The predicted molar refractivity (Wildman–Crippen MR) is 114 cm³/mol. The fourth-order valence-electron chi connectivity index (χ4n) is 3.21. The summed E-state index contributed by atoms with van der Waals surface area (Å²) in [5.41, 5.74) is 3.26. The number of hydrogen-bond acceptors (Lipinski definition) is 4. The summed E-state index contributed by atoms with van der Waals surface area (Å²) in [7, 11) is 1.68. The van der Waals surface area contributed by atoms with Crippen molar-refractivity contribution in [2.45, 2.75) is 6.10 Å². The molecule has 0 aliphatic carbocycles. The van der Waals surface area contributed by atoms with Crippen LogP contribution in [0.15, 0.2) is 65.6 Å². The van der Waals surface area contributed by atoms with Gasteiger partial charge in [0, 0.05) is 29.1 Å². The van der Waals surface area contributed by atoms with Crippen molar-refractivity contribution in [1.82, 2.24) is 14.5 Å². The first-order valence-corrected chi connectivity index (χ1v) is 9.23. The van der Waals surface area contributed by atoms with Gasteiger partial charge in [0.05, 0.1) is 23.1 Å². The van der Waals surface area contributed by atoms with Gasteiger partial charge < -0.3 is 9.67 Å². The van der Waals surface area contributed by atoms with E-state index in [0.29, 0.717) is 38.7 Å². The van der Waals surface area contributed by atoms with Crippen LogP contribution in [0, 0.1) is 12.3 Å². The van der Waals surface area contributed by atoms with Gasteiger partial charge in [-0.15, -0.1) is 6.42 Å². The van der Waals surface area contributed by atoms with Crippen molar-refractivity contribution in [1.29, 1.82) is 0 Å². The van der Waals surface area contributed by atoms with E-state index in [4.69, 9.17) is 18.0 Å². The smallest absolute Gasteiger partial charge is 0.251 e. The van der Waals surface area contributed by atoms with Gasteiger partial charge in [-0.2, -0.15) is 0 Å². The molecule has 3 aromatic heterocycles. The highest BCUT2D eigenvalue weighted by Gasteiger charge is 2.16. The van der Waals surface area contributed by atoms with Crippen LogP contribution < -0.4 is 5.56 Å². The highest BCUT2D eigenvalue weighted by Crippen LogP contribution is 2.29. The van der Waals surface area contributed by atoms with Crippen molar-refractivity contribution in [3.05, 3.63) is 93.1 Å². The summed E-state index contributed by atoms with van der Waals surface area (Å²) >= 11 is 5.94. The number of hydrogen-bond donors (Lipinski definition) is 1. The van der Waals surface area contributed by atoms with Gasteiger partial charge in [-0.1, -0.05) is 35.7 Å². The van der Waals surface area contributed by atoms with E-state index < -0.39 is 6.10 Å². The molecule has 0 bridgehead atoms. The Morgan fingerprint density at radius 2 is 1.93 bits per heavy atom. The van der Waals surface area contributed by atoms with Crippen molar-refractivity contribution >= 4 is 22.5 Å². The van der Waals surface area contributed by atoms with E-state index in [0.717, 1.165) is 5.39 Å². The lowest BCUT2D eigenvalue weighted by molar-refractivity contribution is 0.215. The molecule has 4 aromatic rings. The summed E-state index contributed by atoms with van der Waals surface area (Å²) in [5, 5.41) is 12.1. The van der Waals surface area contributed by atoms with Gasteiger partial charge in [0.25, 0.3) is 5.56 Å². The molecule has 0 aliphatic heterocycles. The number of aryl methyl sites for hydroxylation is 1. The molecule has 1 aromatic carbocycles. The molecule has 3 heterocycles. The van der Waals surface area contributed by atoms with Crippen molar-refractivity contribution in [2.24, 2.45) is 7.05 Å². The minimum atomic E-state index is -0.938. The largest absolute Gasteiger partial charge is 0.382 e. The van der Waals surface area contributed by atoms with Crippen LogP contribution in [-0.2, 0) is 7.05 Å². The monoisotopic (exact) mass is 401 g/mol. The number of halogens is 1. The van der Waals surface area contributed by atoms with Crippen LogP contribution >= 0.6 is 11.6 Å². The minimum absolute atomic E-state index is 0.187. The van der Waals surface area contributed by atoms with Crippen LogP contribution in [0.2, 0.25) is 5.02 Å². The zero-order chi connectivity index (χ0) is 20.5. The molecule has 0 aliphatic rings. The molecule has 0 amide bonds. The number of benzene rings is 1. The van der Waals surface area contributed by atoms with Crippen LogP contribution in [0.25, 0.3) is 22.2 Å². The van der Waals surface area contributed by atoms with Gasteiger partial charge in [0.1, 0.15) is 11.8 Å². The van der Waals surface area contributed by atoms with Crippen LogP contribution in [0.3, 0.4) is 0 Å². The average Bonchev–Trinajstić information content (AvgIpc) is 2.76. The summed E-state index contributed by atoms with van der Waals surface area (Å²) in [6.45, 7) is 0. The lowest BCUT2D eigenvalue weighted by Crippen LogP contribution is -2.17. The summed E-state index contributed by atoms with van der Waals surface area (Å²) in [6.07, 6.45) is 6.12. The Balaban J connectivity index is 1.93. The van der Waals surface area contributed by atoms with Gasteiger partial charge >= 0.3 is 0 Å². The van der Waals surface area contributed by atoms with E-state index in [1.807, 2.05) is 0 Å². The van der Waals surface area contributed by atoms with Crippen molar-refractivity contribution in [2.75, 3.05) is 0 Å². The Bertz CT molecular complexity index is 1320. The van der Waals surface area contributed by atoms with Gasteiger partial charge in [0.15, 0.2) is 0 Å². The number of aromatic nitrogens is 3. The number of fused-ring (bicyclic) bond motifs is 1. The molecule has 0 spiro atoms. The van der Waals surface area contributed by atoms with E-state index in [1.165, 1.54) is 10.6 Å². The molecule has 5 nitrogen and oxygen atoms in total. The van der Waals surface area contributed by atoms with E-state index in [2.05, 4.69) is 15.9 Å². The zero-order valence-electron chi connectivity index (χ0n) is 15.5. The Hall–Kier alpha value is -3.46. The first kappa shape index (κ1) is 18.9. The molecule has 0 saturated heterocycles. The molecule has 0 radical (unpaired) electrons. The topological polar surface area (TPSA) is 68.0 Å². The fourth-order valence-corrected chi connectivity index (χ4v) is 3.33. The minimum Gasteiger partial charge on any atom is -0.382 e. The molecule has 6 heteroatoms. The maximum atomic E-state index is 12.5. The third-order valence-electron chi connectivity index (χ3n) is 4.79. The highest BCUT2D eigenvalue weighted by atomic mass is 35.5. The van der Waals surface area contributed by atoms with E-state index in [-0.39, 0.29) is 5.56 Å². The van der Waals surface area contributed by atoms with Crippen molar-refractivity contribution in [3.8, 4) is 23.6 Å². The Morgan fingerprint density at radius 1 is 1.17 bits per heavy atom. The average molecular weight is 402 g/mol. The number of nitrogens with zero attached hydrogens (tertiary/aromatic N) is 3.